The van der Waals surface area contributed by atoms with E-state index in [0.717, 1.165) is 0 Å². The van der Waals surface area contributed by atoms with Gasteiger partial charge in [-0.25, -0.2) is 0 Å². The van der Waals surface area contributed by atoms with Crippen LogP contribution in [0.25, 0.3) is 0 Å². The van der Waals surface area contributed by atoms with Gasteiger partial charge < -0.3 is 40.9 Å². The number of fused-ring (bicyclic) bond motifs is 3. The first-order valence-corrected chi connectivity index (χ1v) is 12.1. The van der Waals surface area contributed by atoms with Gasteiger partial charge in [-0.3, -0.25) is 19.3 Å². The Kier molecular flexibility index (Phi) is 7.14. The Labute approximate surface area is 219 Å². The number of amides is 1. The average Bonchev–Trinajstić information content (AvgIpc) is 2.82. The third kappa shape index (κ3) is 3.91. The number of likely N-dealkylation sites (N-methyl/N-ethyl adjacent to an activating group) is 2. The van der Waals surface area contributed by atoms with E-state index in [4.69, 9.17) is 10.5 Å². The lowest BCUT2D eigenvalue weighted by Crippen LogP contribution is -2.68. The largest absolute Gasteiger partial charge is 0.510 e. The number of carbonyl (C=O) groups excluding carboxylic acids is 3. The molecule has 7 N–H and O–H groups in total. The van der Waals surface area contributed by atoms with Crippen molar-refractivity contribution in [2.24, 2.45) is 17.6 Å². The van der Waals surface area contributed by atoms with Gasteiger partial charge >= 0.3 is 0 Å². The molecule has 206 valence electrons. The number of ketones is 2. The number of phenols is 1. The van der Waals surface area contributed by atoms with Gasteiger partial charge in [0, 0.05) is 24.0 Å². The molecule has 38 heavy (non-hydrogen) atoms. The molecule has 6 unspecified atom stereocenters. The van der Waals surface area contributed by atoms with Gasteiger partial charge in [0.05, 0.1) is 36.8 Å². The van der Waals surface area contributed by atoms with Crippen LogP contribution in [-0.4, -0.2) is 119 Å². The zero-order valence-corrected chi connectivity index (χ0v) is 21.6. The lowest BCUT2D eigenvalue weighted by molar-refractivity contribution is -0.163. The van der Waals surface area contributed by atoms with Crippen LogP contribution >= 0.6 is 0 Å². The number of benzene rings is 1. The van der Waals surface area contributed by atoms with Crippen LogP contribution in [0.3, 0.4) is 0 Å². The molecular weight excluding hydrogens is 498 g/mol. The topological polar surface area (TPSA) is 194 Å². The molecule has 0 spiro atoms. The fourth-order valence-electron chi connectivity index (χ4n) is 6.06. The summed E-state index contributed by atoms with van der Waals surface area (Å²) in [6.07, 6.45) is -1.68. The van der Waals surface area contributed by atoms with Crippen LogP contribution in [-0.2, 0) is 14.3 Å². The number of aromatic hydroxyl groups is 1. The molecular formula is C26H33N3O9. The summed E-state index contributed by atoms with van der Waals surface area (Å²) >= 11 is 0. The van der Waals surface area contributed by atoms with E-state index in [1.165, 1.54) is 31.1 Å². The number of phenolic OH excluding ortho intramolecular Hbond substituents is 1. The number of ether oxygens (including phenoxy) is 1. The number of nitrogens with zero attached hydrogens (tertiary/aromatic N) is 2. The van der Waals surface area contributed by atoms with Gasteiger partial charge in [-0.2, -0.15) is 0 Å². The lowest BCUT2D eigenvalue weighted by Gasteiger charge is -2.53. The van der Waals surface area contributed by atoms with Gasteiger partial charge in [-0.15, -0.1) is 0 Å². The number of aliphatic hydroxyl groups is 4. The summed E-state index contributed by atoms with van der Waals surface area (Å²) in [5, 5.41) is 56.4. The van der Waals surface area contributed by atoms with Crippen molar-refractivity contribution in [1.29, 1.82) is 0 Å². The Balaban J connectivity index is 1.96. The van der Waals surface area contributed by atoms with Crippen molar-refractivity contribution in [2.75, 3.05) is 47.9 Å². The van der Waals surface area contributed by atoms with Crippen LogP contribution in [0, 0.1) is 11.8 Å². The minimum absolute atomic E-state index is 0.0316. The number of aliphatic hydroxyl groups excluding tert-OH is 3. The predicted octanol–water partition coefficient (Wildman–Crippen LogP) is -0.789. The Morgan fingerprint density at radius 3 is 2.37 bits per heavy atom. The van der Waals surface area contributed by atoms with E-state index in [2.05, 4.69) is 0 Å². The summed E-state index contributed by atoms with van der Waals surface area (Å²) < 4.78 is 5.87. The van der Waals surface area contributed by atoms with E-state index in [-0.39, 0.29) is 17.9 Å². The Bertz CT molecular complexity index is 1250. The monoisotopic (exact) mass is 531 g/mol. The molecule has 4 rings (SSSR count). The molecule has 3 aliphatic rings. The second-order valence-corrected chi connectivity index (χ2v) is 10.5. The second-order valence-electron chi connectivity index (χ2n) is 10.5. The van der Waals surface area contributed by atoms with Gasteiger partial charge in [0.15, 0.2) is 11.4 Å². The summed E-state index contributed by atoms with van der Waals surface area (Å²) in [6.45, 7) is 0.848. The normalized spacial score (nSPS) is 31.0. The van der Waals surface area contributed by atoms with Crippen LogP contribution < -0.4 is 5.73 Å². The van der Waals surface area contributed by atoms with Gasteiger partial charge in [0.2, 0.25) is 5.78 Å². The van der Waals surface area contributed by atoms with E-state index in [0.29, 0.717) is 18.7 Å². The Morgan fingerprint density at radius 1 is 1.13 bits per heavy atom. The smallest absolute Gasteiger partial charge is 0.255 e. The number of carbonyl (C=O) groups is 3. The highest BCUT2D eigenvalue weighted by atomic mass is 16.5. The minimum atomic E-state index is -2.95. The number of hydrogen-bond donors (Lipinski definition) is 6. The number of hydrogen-bond acceptors (Lipinski definition) is 11. The molecule has 1 aromatic rings. The first kappa shape index (κ1) is 27.7. The molecule has 1 aromatic carbocycles. The fraction of sp³-hybridized carbons (Fsp3) is 0.500. The molecule has 0 saturated heterocycles. The number of primary amides is 1. The Morgan fingerprint density at radius 2 is 1.79 bits per heavy atom. The molecule has 0 saturated carbocycles. The molecule has 12 heteroatoms. The maximum absolute atomic E-state index is 13.7. The van der Waals surface area contributed by atoms with Crippen molar-refractivity contribution < 1.29 is 44.7 Å². The number of rotatable bonds is 7. The van der Waals surface area contributed by atoms with Crippen LogP contribution in [0.1, 0.15) is 21.8 Å². The SMILES string of the molecule is CN(C)CCOCC1c2cccc(O)c2C(=O)C2=C(O)C3(O)C(=O)C(C(N)=O)=C(O)C(N(C)C)C3C(O)C21. The lowest BCUT2D eigenvalue weighted by atomic mass is 9.55. The second kappa shape index (κ2) is 9.79. The zero-order chi connectivity index (χ0) is 28.3. The highest BCUT2D eigenvalue weighted by Gasteiger charge is 2.67. The average molecular weight is 532 g/mol. The van der Waals surface area contributed by atoms with E-state index < -0.39 is 75.6 Å². The van der Waals surface area contributed by atoms with Gasteiger partial charge in [0.1, 0.15) is 22.8 Å². The van der Waals surface area contributed by atoms with Crippen molar-refractivity contribution in [1.82, 2.24) is 9.80 Å². The van der Waals surface area contributed by atoms with Crippen molar-refractivity contribution in [2.45, 2.75) is 23.7 Å². The highest BCUT2D eigenvalue weighted by molar-refractivity contribution is 6.25. The maximum atomic E-state index is 13.7. The molecule has 0 fully saturated rings. The van der Waals surface area contributed by atoms with Gasteiger partial charge in [-0.1, -0.05) is 12.1 Å². The van der Waals surface area contributed by atoms with Crippen LogP contribution in [0.2, 0.25) is 0 Å². The molecule has 1 amide bonds. The zero-order valence-electron chi connectivity index (χ0n) is 21.6. The summed E-state index contributed by atoms with van der Waals surface area (Å²) in [4.78, 5) is 42.5. The Hall–Kier alpha value is -3.29. The van der Waals surface area contributed by atoms with Crippen molar-refractivity contribution in [3.8, 4) is 5.75 Å². The van der Waals surface area contributed by atoms with Crippen LogP contribution in [0.4, 0.5) is 0 Å². The number of nitrogens with two attached hydrogens (primary N) is 1. The highest BCUT2D eigenvalue weighted by Crippen LogP contribution is 2.55. The van der Waals surface area contributed by atoms with Crippen molar-refractivity contribution in [3.05, 3.63) is 52.0 Å². The molecule has 3 aliphatic carbocycles. The molecule has 6 atom stereocenters. The molecule has 0 aliphatic heterocycles. The third-order valence-electron chi connectivity index (χ3n) is 7.78. The van der Waals surface area contributed by atoms with E-state index >= 15 is 0 Å². The fourth-order valence-corrected chi connectivity index (χ4v) is 6.06. The summed E-state index contributed by atoms with van der Waals surface area (Å²) in [6, 6.07) is 3.10. The summed E-state index contributed by atoms with van der Waals surface area (Å²) in [5.74, 6) is -9.40. The van der Waals surface area contributed by atoms with Crippen molar-refractivity contribution >= 4 is 17.5 Å². The molecule has 12 nitrogen and oxygen atoms in total. The number of Topliss-reactive ketones (excluding diaryl/α,β-unsaturated/α-hetero) is 2. The standard InChI is InChI=1S/C26H33N3O9/c1-28(2)8-9-38-10-12-11-6-5-7-13(30)14(11)20(31)16-15(12)21(32)18-19(29(3)4)22(33)17(25(27)36)24(35)26(18,37)23(16)34/h5-7,12,15,18-19,21,30,32-34,37H,8-10H2,1-4H3,(H2,27,36). The summed E-state index contributed by atoms with van der Waals surface area (Å²) in [5.41, 5.74) is 1.20. The van der Waals surface area contributed by atoms with E-state index in [1.54, 1.807) is 6.07 Å². The predicted molar refractivity (Wildman–Crippen MR) is 133 cm³/mol. The van der Waals surface area contributed by atoms with Crippen LogP contribution in [0.15, 0.2) is 40.9 Å². The first-order valence-electron chi connectivity index (χ1n) is 12.1. The maximum Gasteiger partial charge on any atom is 0.255 e. The van der Waals surface area contributed by atoms with Gasteiger partial charge in [-0.05, 0) is 39.8 Å². The molecule has 0 radical (unpaired) electrons. The quantitative estimate of drug-likeness (QED) is 0.191. The molecule has 0 heterocycles. The molecule has 0 bridgehead atoms. The van der Waals surface area contributed by atoms with E-state index in [9.17, 15) is 39.9 Å². The van der Waals surface area contributed by atoms with Crippen molar-refractivity contribution in [3.63, 3.8) is 0 Å². The van der Waals surface area contributed by atoms with E-state index in [1.807, 2.05) is 19.0 Å². The van der Waals surface area contributed by atoms with Gasteiger partial charge in [0.25, 0.3) is 5.91 Å². The first-order chi connectivity index (χ1) is 17.8. The van der Waals surface area contributed by atoms with Crippen LogP contribution in [0.5, 0.6) is 5.75 Å². The summed E-state index contributed by atoms with van der Waals surface area (Å²) in [7, 11) is 6.70. The third-order valence-corrected chi connectivity index (χ3v) is 7.78. The minimum Gasteiger partial charge on any atom is -0.510 e. The molecule has 0 aromatic heterocycles.